The van der Waals surface area contributed by atoms with Crippen molar-refractivity contribution in [2.24, 2.45) is 28.6 Å². The molecular weight excluding hydrogens is 279 g/mol. The van der Waals surface area contributed by atoms with Crippen LogP contribution < -0.4 is 0 Å². The SMILES string of the molecule is C[C@]12CC[C@@H]3[C@@H](CC=C4CCCC(O)[C@@]43C)[C@@H]1CCC2(O)F. The molecule has 4 rings (SSSR count). The largest absolute Gasteiger partial charge is 0.392 e. The zero-order chi connectivity index (χ0) is 15.8. The lowest BCUT2D eigenvalue weighted by Gasteiger charge is -2.58. The van der Waals surface area contributed by atoms with Crippen molar-refractivity contribution in [3.8, 4) is 0 Å². The van der Waals surface area contributed by atoms with Crippen LogP contribution in [0, 0.1) is 28.6 Å². The van der Waals surface area contributed by atoms with Gasteiger partial charge >= 0.3 is 0 Å². The first kappa shape index (κ1) is 15.1. The van der Waals surface area contributed by atoms with Gasteiger partial charge in [0.15, 0.2) is 0 Å². The van der Waals surface area contributed by atoms with Gasteiger partial charge in [0.05, 0.1) is 6.10 Å². The van der Waals surface area contributed by atoms with Crippen molar-refractivity contribution in [1.29, 1.82) is 0 Å². The maximum atomic E-state index is 14.7. The summed E-state index contributed by atoms with van der Waals surface area (Å²) in [6.07, 6.45) is 8.98. The van der Waals surface area contributed by atoms with Gasteiger partial charge in [0, 0.05) is 17.3 Å². The van der Waals surface area contributed by atoms with E-state index in [9.17, 15) is 14.6 Å². The van der Waals surface area contributed by atoms with Crippen LogP contribution in [0.5, 0.6) is 0 Å². The number of alkyl halides is 1. The molecule has 4 aliphatic rings. The molecule has 3 saturated carbocycles. The molecule has 2 nitrogen and oxygen atoms in total. The van der Waals surface area contributed by atoms with Crippen LogP contribution in [-0.2, 0) is 0 Å². The molecule has 3 heteroatoms. The molecule has 0 aromatic carbocycles. The van der Waals surface area contributed by atoms with Crippen molar-refractivity contribution >= 4 is 0 Å². The van der Waals surface area contributed by atoms with Gasteiger partial charge in [0.25, 0.3) is 0 Å². The van der Waals surface area contributed by atoms with E-state index in [0.29, 0.717) is 11.8 Å². The maximum Gasteiger partial charge on any atom is 0.212 e. The molecule has 0 radical (unpaired) electrons. The fourth-order valence-corrected chi connectivity index (χ4v) is 6.68. The molecule has 2 unspecified atom stereocenters. The average Bonchev–Trinajstić information content (AvgIpc) is 2.71. The van der Waals surface area contributed by atoms with Crippen molar-refractivity contribution in [1.82, 2.24) is 0 Å². The highest BCUT2D eigenvalue weighted by Gasteiger charge is 2.65. The summed E-state index contributed by atoms with van der Waals surface area (Å²) in [6, 6.07) is 0. The van der Waals surface area contributed by atoms with Crippen LogP contribution in [0.2, 0.25) is 0 Å². The van der Waals surface area contributed by atoms with Crippen LogP contribution >= 0.6 is 0 Å². The van der Waals surface area contributed by atoms with Crippen LogP contribution in [0.4, 0.5) is 4.39 Å². The second-order valence-corrected chi connectivity index (χ2v) is 8.79. The van der Waals surface area contributed by atoms with E-state index in [1.165, 1.54) is 5.57 Å². The lowest BCUT2D eigenvalue weighted by atomic mass is 9.47. The first-order valence-corrected chi connectivity index (χ1v) is 9.09. The number of hydrogen-bond donors (Lipinski definition) is 2. The number of fused-ring (bicyclic) bond motifs is 5. The molecule has 0 aromatic rings. The lowest BCUT2D eigenvalue weighted by Crippen LogP contribution is -2.55. The summed E-state index contributed by atoms with van der Waals surface area (Å²) in [6.45, 7) is 4.21. The molecule has 0 heterocycles. The highest BCUT2D eigenvalue weighted by molar-refractivity contribution is 5.26. The van der Waals surface area contributed by atoms with Gasteiger partial charge in [0.1, 0.15) is 0 Å². The molecule has 4 aliphatic carbocycles. The summed E-state index contributed by atoms with van der Waals surface area (Å²) in [5.41, 5.74) is 0.749. The molecule has 0 aromatic heterocycles. The first-order valence-electron chi connectivity index (χ1n) is 9.09. The smallest absolute Gasteiger partial charge is 0.212 e. The number of aliphatic hydroxyl groups is 2. The minimum Gasteiger partial charge on any atom is -0.392 e. The Hall–Kier alpha value is -0.410. The van der Waals surface area contributed by atoms with E-state index in [4.69, 9.17) is 0 Å². The van der Waals surface area contributed by atoms with E-state index >= 15 is 0 Å². The van der Waals surface area contributed by atoms with E-state index in [0.717, 1.165) is 44.9 Å². The highest BCUT2D eigenvalue weighted by Crippen LogP contribution is 2.67. The Kier molecular flexibility index (Phi) is 3.14. The third kappa shape index (κ3) is 1.67. The molecule has 124 valence electrons. The Morgan fingerprint density at radius 3 is 2.64 bits per heavy atom. The Balaban J connectivity index is 1.73. The Morgan fingerprint density at radius 2 is 1.86 bits per heavy atom. The van der Waals surface area contributed by atoms with Crippen LogP contribution in [0.1, 0.15) is 65.2 Å². The summed E-state index contributed by atoms with van der Waals surface area (Å²) < 4.78 is 14.7. The van der Waals surface area contributed by atoms with Gasteiger partial charge in [-0.1, -0.05) is 25.5 Å². The van der Waals surface area contributed by atoms with Gasteiger partial charge in [-0.25, -0.2) is 4.39 Å². The molecule has 3 fully saturated rings. The molecule has 7 atom stereocenters. The Morgan fingerprint density at radius 1 is 1.14 bits per heavy atom. The molecule has 0 spiro atoms. The van der Waals surface area contributed by atoms with Gasteiger partial charge in [-0.3, -0.25) is 0 Å². The van der Waals surface area contributed by atoms with E-state index in [2.05, 4.69) is 13.0 Å². The highest BCUT2D eigenvalue weighted by atomic mass is 19.2. The van der Waals surface area contributed by atoms with Crippen LogP contribution in [0.15, 0.2) is 11.6 Å². The molecule has 0 bridgehead atoms. The third-order valence-electron chi connectivity index (χ3n) is 8.20. The summed E-state index contributed by atoms with van der Waals surface area (Å²) in [5.74, 6) is -0.872. The lowest BCUT2D eigenvalue weighted by molar-refractivity contribution is -0.200. The summed E-state index contributed by atoms with van der Waals surface area (Å²) in [4.78, 5) is 0. The Bertz CT molecular complexity index is 514. The zero-order valence-corrected chi connectivity index (χ0v) is 13.8. The van der Waals surface area contributed by atoms with E-state index < -0.39 is 11.3 Å². The predicted molar refractivity (Wildman–Crippen MR) is 83.8 cm³/mol. The fraction of sp³-hybridized carbons (Fsp3) is 0.895. The van der Waals surface area contributed by atoms with Gasteiger partial charge in [0.2, 0.25) is 5.85 Å². The molecule has 2 N–H and O–H groups in total. The second kappa shape index (κ2) is 4.57. The van der Waals surface area contributed by atoms with E-state index in [1.54, 1.807) is 0 Å². The number of halogens is 1. The second-order valence-electron chi connectivity index (χ2n) is 8.79. The quantitative estimate of drug-likeness (QED) is 0.665. The molecule has 0 saturated heterocycles. The van der Waals surface area contributed by atoms with Crippen molar-refractivity contribution in [2.75, 3.05) is 0 Å². The number of rotatable bonds is 0. The van der Waals surface area contributed by atoms with Gasteiger partial charge in [-0.15, -0.1) is 0 Å². The van der Waals surface area contributed by atoms with Crippen molar-refractivity contribution in [2.45, 2.75) is 77.2 Å². The monoisotopic (exact) mass is 308 g/mol. The fourth-order valence-electron chi connectivity index (χ4n) is 6.68. The summed E-state index contributed by atoms with van der Waals surface area (Å²) in [7, 11) is 0. The van der Waals surface area contributed by atoms with Crippen LogP contribution in [-0.4, -0.2) is 22.2 Å². The number of aliphatic hydroxyl groups excluding tert-OH is 1. The zero-order valence-electron chi connectivity index (χ0n) is 13.8. The minimum atomic E-state index is -2.00. The van der Waals surface area contributed by atoms with E-state index in [-0.39, 0.29) is 23.9 Å². The molecular formula is C19H29FO2. The van der Waals surface area contributed by atoms with Gasteiger partial charge < -0.3 is 10.2 Å². The first-order chi connectivity index (χ1) is 10.3. The number of allylic oxidation sites excluding steroid dienone is 1. The molecule has 0 aliphatic heterocycles. The van der Waals surface area contributed by atoms with Crippen molar-refractivity contribution in [3.63, 3.8) is 0 Å². The predicted octanol–water partition coefficient (Wildman–Crippen LogP) is 3.97. The summed E-state index contributed by atoms with van der Waals surface area (Å²) in [5, 5.41) is 21.0. The average molecular weight is 308 g/mol. The Labute approximate surface area is 132 Å². The summed E-state index contributed by atoms with van der Waals surface area (Å²) >= 11 is 0. The molecule has 22 heavy (non-hydrogen) atoms. The van der Waals surface area contributed by atoms with Gasteiger partial charge in [-0.2, -0.15) is 0 Å². The maximum absolute atomic E-state index is 14.7. The van der Waals surface area contributed by atoms with E-state index in [1.807, 2.05) is 6.92 Å². The standard InChI is InChI=1S/C19H29FO2/c1-17-10-8-15-13(14(17)9-11-19(17,20)22)7-6-12-4-3-5-16(21)18(12,15)2/h6,13-16,21-22H,3-5,7-11H2,1-2H3/t13-,14-,15+,16?,17-,18-,19?/m0/s1. The van der Waals surface area contributed by atoms with Crippen molar-refractivity contribution < 1.29 is 14.6 Å². The van der Waals surface area contributed by atoms with Crippen molar-refractivity contribution in [3.05, 3.63) is 11.6 Å². The van der Waals surface area contributed by atoms with Crippen LogP contribution in [0.25, 0.3) is 0 Å². The van der Waals surface area contributed by atoms with Crippen LogP contribution in [0.3, 0.4) is 0 Å². The van der Waals surface area contributed by atoms with Gasteiger partial charge in [-0.05, 0) is 62.7 Å². The third-order valence-corrected chi connectivity index (χ3v) is 8.20. The normalized spacial score (nSPS) is 57.6. The number of hydrogen-bond acceptors (Lipinski definition) is 2. The minimum absolute atomic E-state index is 0.112. The topological polar surface area (TPSA) is 40.5 Å². The molecule has 0 amide bonds.